The average Bonchev–Trinajstić information content (AvgIpc) is 2.78. The van der Waals surface area contributed by atoms with E-state index in [9.17, 15) is 10.1 Å². The molecule has 0 saturated carbocycles. The van der Waals surface area contributed by atoms with Crippen molar-refractivity contribution in [2.45, 2.75) is 12.5 Å². The lowest BCUT2D eigenvalue weighted by Gasteiger charge is -2.38. The molecule has 1 saturated heterocycles. The van der Waals surface area contributed by atoms with Gasteiger partial charge in [0.2, 0.25) is 0 Å². The summed E-state index contributed by atoms with van der Waals surface area (Å²) in [5.74, 6) is 1.56. The summed E-state index contributed by atoms with van der Waals surface area (Å²) in [7, 11) is 2.13. The molecule has 2 heterocycles. The van der Waals surface area contributed by atoms with E-state index in [1.807, 2.05) is 18.2 Å². The monoisotopic (exact) mass is 339 g/mol. The lowest BCUT2D eigenvalue weighted by molar-refractivity contribution is -0.385. The second-order valence-corrected chi connectivity index (χ2v) is 6.75. The van der Waals surface area contributed by atoms with E-state index in [2.05, 4.69) is 22.9 Å². The molecule has 2 aliphatic heterocycles. The van der Waals surface area contributed by atoms with Crippen molar-refractivity contribution in [3.8, 4) is 11.5 Å². The van der Waals surface area contributed by atoms with Gasteiger partial charge >= 0.3 is 0 Å². The number of nitrogens with zero attached hydrogens (tertiary/aromatic N) is 3. The van der Waals surface area contributed by atoms with E-state index in [1.165, 1.54) is 6.07 Å². The van der Waals surface area contributed by atoms with Crippen LogP contribution in [0.1, 0.15) is 17.2 Å². The van der Waals surface area contributed by atoms with Crippen molar-refractivity contribution in [3.63, 3.8) is 0 Å². The molecule has 0 amide bonds. The van der Waals surface area contributed by atoms with Crippen LogP contribution < -0.4 is 4.74 Å². The van der Waals surface area contributed by atoms with E-state index in [4.69, 9.17) is 4.74 Å². The van der Waals surface area contributed by atoms with Gasteiger partial charge in [-0.1, -0.05) is 18.2 Å². The van der Waals surface area contributed by atoms with E-state index in [-0.39, 0.29) is 16.7 Å². The molecule has 2 aromatic carbocycles. The molecular formula is C19H21N3O3. The van der Waals surface area contributed by atoms with Gasteiger partial charge in [0.15, 0.2) is 0 Å². The number of non-ortho nitro benzene ring substituents is 1. The topological polar surface area (TPSA) is 58.8 Å². The van der Waals surface area contributed by atoms with Crippen LogP contribution in [-0.4, -0.2) is 47.9 Å². The number of rotatable bonds is 2. The fraction of sp³-hybridized carbons (Fsp3) is 0.368. The summed E-state index contributed by atoms with van der Waals surface area (Å²) >= 11 is 0. The highest BCUT2D eigenvalue weighted by Gasteiger charge is 2.31. The SMILES string of the molecule is CN1CCN(C2Cc3ccccc3Oc3ccc([N+](=O)[O-])cc32)CC1. The molecule has 1 fully saturated rings. The Balaban J connectivity index is 1.78. The number of para-hydroxylation sites is 1. The molecular weight excluding hydrogens is 318 g/mol. The molecule has 1 unspecified atom stereocenters. The summed E-state index contributed by atoms with van der Waals surface area (Å²) in [5.41, 5.74) is 2.17. The zero-order valence-corrected chi connectivity index (χ0v) is 14.2. The van der Waals surface area contributed by atoms with E-state index < -0.39 is 0 Å². The van der Waals surface area contributed by atoms with Crippen LogP contribution in [0.25, 0.3) is 0 Å². The molecule has 0 aromatic heterocycles. The Morgan fingerprint density at radius 3 is 2.60 bits per heavy atom. The van der Waals surface area contributed by atoms with Crippen molar-refractivity contribution in [2.24, 2.45) is 0 Å². The summed E-state index contributed by atoms with van der Waals surface area (Å²) in [6.45, 7) is 3.91. The first kappa shape index (κ1) is 16.1. The number of hydrogen-bond acceptors (Lipinski definition) is 5. The Kier molecular flexibility index (Phi) is 4.15. The highest BCUT2D eigenvalue weighted by molar-refractivity contribution is 5.51. The van der Waals surface area contributed by atoms with Crippen molar-refractivity contribution in [1.82, 2.24) is 9.80 Å². The summed E-state index contributed by atoms with van der Waals surface area (Å²) in [6.07, 6.45) is 0.800. The molecule has 6 heteroatoms. The second kappa shape index (κ2) is 6.46. The highest BCUT2D eigenvalue weighted by Crippen LogP contribution is 2.42. The fourth-order valence-corrected chi connectivity index (χ4v) is 3.67. The van der Waals surface area contributed by atoms with Crippen LogP contribution in [0.4, 0.5) is 5.69 Å². The van der Waals surface area contributed by atoms with E-state index >= 15 is 0 Å². The maximum absolute atomic E-state index is 11.3. The minimum atomic E-state index is -0.334. The van der Waals surface area contributed by atoms with Gasteiger partial charge in [-0.25, -0.2) is 0 Å². The predicted molar refractivity (Wildman–Crippen MR) is 95.1 cm³/mol. The van der Waals surface area contributed by atoms with Gasteiger partial charge in [0.1, 0.15) is 11.5 Å². The number of nitro groups is 1. The number of fused-ring (bicyclic) bond motifs is 2. The second-order valence-electron chi connectivity index (χ2n) is 6.75. The lowest BCUT2D eigenvalue weighted by Crippen LogP contribution is -2.46. The van der Waals surface area contributed by atoms with Crippen molar-refractivity contribution >= 4 is 5.69 Å². The van der Waals surface area contributed by atoms with Gasteiger partial charge in [0.25, 0.3) is 5.69 Å². The Hall–Kier alpha value is -2.44. The molecule has 6 nitrogen and oxygen atoms in total. The van der Waals surface area contributed by atoms with Crippen LogP contribution in [0.5, 0.6) is 11.5 Å². The van der Waals surface area contributed by atoms with Gasteiger partial charge in [-0.15, -0.1) is 0 Å². The Morgan fingerprint density at radius 1 is 1.08 bits per heavy atom. The molecule has 2 aliphatic rings. The van der Waals surface area contributed by atoms with Crippen LogP contribution in [-0.2, 0) is 6.42 Å². The molecule has 25 heavy (non-hydrogen) atoms. The largest absolute Gasteiger partial charge is 0.457 e. The maximum atomic E-state index is 11.3. The fourth-order valence-electron chi connectivity index (χ4n) is 3.67. The number of nitro benzene ring substituents is 1. The number of ether oxygens (including phenoxy) is 1. The maximum Gasteiger partial charge on any atom is 0.270 e. The Bertz CT molecular complexity index is 800. The standard InChI is InChI=1S/C19H21N3O3/c1-20-8-10-21(11-9-20)17-12-14-4-2-3-5-18(14)25-19-7-6-15(22(23)24)13-16(17)19/h2-7,13,17H,8-12H2,1H3. The first-order valence-corrected chi connectivity index (χ1v) is 8.58. The highest BCUT2D eigenvalue weighted by atomic mass is 16.6. The zero-order chi connectivity index (χ0) is 17.4. The average molecular weight is 339 g/mol. The van der Waals surface area contributed by atoms with Crippen molar-refractivity contribution < 1.29 is 9.66 Å². The summed E-state index contributed by atoms with van der Waals surface area (Å²) < 4.78 is 6.12. The molecule has 0 radical (unpaired) electrons. The van der Waals surface area contributed by atoms with Crippen LogP contribution in [0, 0.1) is 10.1 Å². The summed E-state index contributed by atoms with van der Waals surface area (Å²) in [4.78, 5) is 15.7. The molecule has 0 N–H and O–H groups in total. The first-order valence-electron chi connectivity index (χ1n) is 8.58. The van der Waals surface area contributed by atoms with E-state index in [1.54, 1.807) is 12.1 Å². The quantitative estimate of drug-likeness (QED) is 0.621. The summed E-state index contributed by atoms with van der Waals surface area (Å²) in [6, 6.07) is 13.1. The van der Waals surface area contributed by atoms with Crippen molar-refractivity contribution in [3.05, 3.63) is 63.7 Å². The molecule has 0 spiro atoms. The number of benzene rings is 2. The molecule has 130 valence electrons. The Morgan fingerprint density at radius 2 is 1.84 bits per heavy atom. The van der Waals surface area contributed by atoms with Crippen molar-refractivity contribution in [1.29, 1.82) is 0 Å². The molecule has 0 aliphatic carbocycles. The van der Waals surface area contributed by atoms with Gasteiger partial charge in [-0.2, -0.15) is 0 Å². The number of likely N-dealkylation sites (N-methyl/N-ethyl adjacent to an activating group) is 1. The molecule has 0 bridgehead atoms. The third-order valence-electron chi connectivity index (χ3n) is 5.15. The van der Waals surface area contributed by atoms with Gasteiger partial charge in [0, 0.05) is 49.9 Å². The smallest absolute Gasteiger partial charge is 0.270 e. The normalized spacial score (nSPS) is 20.9. The van der Waals surface area contributed by atoms with Gasteiger partial charge in [-0.3, -0.25) is 15.0 Å². The number of hydrogen-bond donors (Lipinski definition) is 0. The third kappa shape index (κ3) is 3.10. The van der Waals surface area contributed by atoms with Crippen LogP contribution >= 0.6 is 0 Å². The van der Waals surface area contributed by atoms with Crippen LogP contribution in [0.2, 0.25) is 0 Å². The first-order chi connectivity index (χ1) is 12.1. The predicted octanol–water partition coefficient (Wildman–Crippen LogP) is 3.23. The zero-order valence-electron chi connectivity index (χ0n) is 14.2. The van der Waals surface area contributed by atoms with Gasteiger partial charge in [-0.05, 0) is 31.2 Å². The third-order valence-corrected chi connectivity index (χ3v) is 5.15. The molecule has 1 atom stereocenters. The van der Waals surface area contributed by atoms with Gasteiger partial charge in [0.05, 0.1) is 4.92 Å². The van der Waals surface area contributed by atoms with Crippen LogP contribution in [0.3, 0.4) is 0 Å². The van der Waals surface area contributed by atoms with E-state index in [0.29, 0.717) is 0 Å². The number of piperazine rings is 1. The van der Waals surface area contributed by atoms with Crippen LogP contribution in [0.15, 0.2) is 42.5 Å². The van der Waals surface area contributed by atoms with E-state index in [0.717, 1.165) is 55.2 Å². The summed E-state index contributed by atoms with van der Waals surface area (Å²) in [5, 5.41) is 11.3. The van der Waals surface area contributed by atoms with Gasteiger partial charge < -0.3 is 9.64 Å². The molecule has 4 rings (SSSR count). The Labute approximate surface area is 146 Å². The van der Waals surface area contributed by atoms with Crippen molar-refractivity contribution in [2.75, 3.05) is 33.2 Å². The minimum Gasteiger partial charge on any atom is -0.457 e. The molecule has 2 aromatic rings. The minimum absolute atomic E-state index is 0.0900. The lowest BCUT2D eigenvalue weighted by atomic mass is 9.96.